The van der Waals surface area contributed by atoms with Gasteiger partial charge in [-0.2, -0.15) is 0 Å². The third-order valence-electron chi connectivity index (χ3n) is 7.87. The van der Waals surface area contributed by atoms with Crippen LogP contribution in [0.25, 0.3) is 10.8 Å². The van der Waals surface area contributed by atoms with Crippen molar-refractivity contribution < 1.29 is 14.4 Å². The van der Waals surface area contributed by atoms with E-state index in [0.717, 1.165) is 33.2 Å². The molecule has 0 bridgehead atoms. The van der Waals surface area contributed by atoms with Gasteiger partial charge in [0.15, 0.2) is 0 Å². The molecule has 9 heteroatoms. The smallest absolute Gasteiger partial charge is 0.308 e. The minimum atomic E-state index is -0.724. The number of amides is 3. The molecule has 1 N–H and O–H groups in total. The molecule has 7 nitrogen and oxygen atoms in total. The Balaban J connectivity index is 1.27. The molecular weight excluding hydrogens is 567 g/mol. The lowest BCUT2D eigenvalue weighted by atomic mass is 9.83. The molecular formula is C33H25N3O4S2. The summed E-state index contributed by atoms with van der Waals surface area (Å²) in [6, 6.07) is 30.3. The quantitative estimate of drug-likeness (QED) is 0.261. The van der Waals surface area contributed by atoms with Crippen LogP contribution in [0.5, 0.6) is 0 Å². The number of nitrogens with zero attached hydrogens (tertiary/aromatic N) is 2. The third-order valence-corrected chi connectivity index (χ3v) is 10.5. The van der Waals surface area contributed by atoms with Gasteiger partial charge in [-0.15, -0.1) is 0 Å². The first-order valence-corrected chi connectivity index (χ1v) is 15.3. The maximum atomic E-state index is 14.0. The number of imide groups is 1. The zero-order chi connectivity index (χ0) is 29.0. The van der Waals surface area contributed by atoms with Crippen molar-refractivity contribution in [2.45, 2.75) is 29.7 Å². The number of carbonyl (C=O) groups is 3. The number of thioether (sulfide) groups is 1. The second kappa shape index (κ2) is 10.4. The van der Waals surface area contributed by atoms with Crippen molar-refractivity contribution in [2.75, 3.05) is 10.2 Å². The summed E-state index contributed by atoms with van der Waals surface area (Å²) in [6.45, 7) is 1.75. The molecule has 0 saturated carbocycles. The fraction of sp³-hybridized carbons (Fsp3) is 0.152. The predicted octanol–water partition coefficient (Wildman–Crippen LogP) is 5.81. The van der Waals surface area contributed by atoms with E-state index in [1.165, 1.54) is 21.2 Å². The zero-order valence-electron chi connectivity index (χ0n) is 22.5. The Labute approximate surface area is 249 Å². The average Bonchev–Trinajstić information content (AvgIpc) is 3.44. The average molecular weight is 592 g/mol. The van der Waals surface area contributed by atoms with Crippen LogP contribution in [0.3, 0.4) is 0 Å². The molecule has 3 atom stereocenters. The van der Waals surface area contributed by atoms with Crippen LogP contribution in [-0.4, -0.2) is 27.5 Å². The highest BCUT2D eigenvalue weighted by molar-refractivity contribution is 8.00. The zero-order valence-corrected chi connectivity index (χ0v) is 24.2. The van der Waals surface area contributed by atoms with Gasteiger partial charge in [0.2, 0.25) is 17.7 Å². The van der Waals surface area contributed by atoms with Gasteiger partial charge in [0.05, 0.1) is 16.6 Å². The van der Waals surface area contributed by atoms with Gasteiger partial charge < -0.3 is 5.32 Å². The maximum absolute atomic E-state index is 14.0. The molecule has 42 heavy (non-hydrogen) atoms. The standard InChI is InChI=1S/C33H25N3O4S2/c1-19-14-16-22(17-15-19)36-30(38)27-26(21-9-3-2-4-10-21)29-32(41-28(27)31(36)39)35(33(40)42-29)18-25(37)34-24-13-7-11-20-8-5-6-12-23(20)24/h2-17,26-28H,18H2,1H3,(H,34,37)/t26-,27?,28?/m1/s1. The van der Waals surface area contributed by atoms with E-state index in [-0.39, 0.29) is 29.1 Å². The van der Waals surface area contributed by atoms with Gasteiger partial charge in [-0.25, -0.2) is 4.90 Å². The molecule has 1 aromatic heterocycles. The van der Waals surface area contributed by atoms with Gasteiger partial charge >= 0.3 is 4.87 Å². The number of nitrogens with one attached hydrogen (secondary N) is 1. The third kappa shape index (κ3) is 4.36. The lowest BCUT2D eigenvalue weighted by Gasteiger charge is -2.30. The molecule has 3 amide bonds. The van der Waals surface area contributed by atoms with Crippen LogP contribution in [0.4, 0.5) is 11.4 Å². The Hall–Kier alpha value is -4.47. The number of rotatable bonds is 5. The van der Waals surface area contributed by atoms with Crippen molar-refractivity contribution in [1.82, 2.24) is 4.57 Å². The fourth-order valence-corrected chi connectivity index (χ4v) is 8.66. The summed E-state index contributed by atoms with van der Waals surface area (Å²) in [5.41, 5.74) is 3.08. The molecule has 2 unspecified atom stereocenters. The van der Waals surface area contributed by atoms with E-state index in [4.69, 9.17) is 0 Å². The van der Waals surface area contributed by atoms with E-state index in [9.17, 15) is 19.2 Å². The first-order valence-electron chi connectivity index (χ1n) is 13.6. The lowest BCUT2D eigenvalue weighted by Crippen LogP contribution is -2.33. The number of thiazole rings is 1. The van der Waals surface area contributed by atoms with Crippen molar-refractivity contribution in [3.8, 4) is 0 Å². The maximum Gasteiger partial charge on any atom is 0.308 e. The molecule has 0 radical (unpaired) electrons. The summed E-state index contributed by atoms with van der Waals surface area (Å²) in [7, 11) is 0. The number of hydrogen-bond donors (Lipinski definition) is 1. The molecule has 1 fully saturated rings. The van der Waals surface area contributed by atoms with E-state index in [0.29, 0.717) is 21.3 Å². The summed E-state index contributed by atoms with van der Waals surface area (Å²) in [5, 5.41) is 4.71. The van der Waals surface area contributed by atoms with E-state index in [1.807, 2.05) is 91.9 Å². The number of aryl methyl sites for hydroxylation is 1. The molecule has 2 aliphatic rings. The topological polar surface area (TPSA) is 88.5 Å². The molecule has 0 spiro atoms. The van der Waals surface area contributed by atoms with Gasteiger partial charge in [-0.3, -0.25) is 23.7 Å². The van der Waals surface area contributed by atoms with E-state index >= 15 is 0 Å². The monoisotopic (exact) mass is 591 g/mol. The highest BCUT2D eigenvalue weighted by atomic mass is 32.2. The van der Waals surface area contributed by atoms with Crippen molar-refractivity contribution in [1.29, 1.82) is 0 Å². The summed E-state index contributed by atoms with van der Waals surface area (Å²) in [4.78, 5) is 56.2. The van der Waals surface area contributed by atoms with Crippen LogP contribution in [0, 0.1) is 12.8 Å². The molecule has 2 aliphatic heterocycles. The normalized spacial score (nSPS) is 19.5. The molecule has 208 valence electrons. The first-order chi connectivity index (χ1) is 20.4. The van der Waals surface area contributed by atoms with Crippen LogP contribution in [0.1, 0.15) is 21.9 Å². The Morgan fingerprint density at radius 3 is 2.33 bits per heavy atom. The molecule has 0 aliphatic carbocycles. The van der Waals surface area contributed by atoms with Crippen LogP contribution >= 0.6 is 23.1 Å². The Morgan fingerprint density at radius 1 is 0.833 bits per heavy atom. The Morgan fingerprint density at radius 2 is 1.55 bits per heavy atom. The summed E-state index contributed by atoms with van der Waals surface area (Å²) in [5.74, 6) is -2.09. The Bertz CT molecular complexity index is 1930. The second-order valence-corrected chi connectivity index (χ2v) is 12.6. The minimum absolute atomic E-state index is 0.205. The summed E-state index contributed by atoms with van der Waals surface area (Å²) >= 11 is 2.27. The van der Waals surface area contributed by atoms with Gasteiger partial charge in [0.25, 0.3) is 0 Å². The van der Waals surface area contributed by atoms with Gasteiger partial charge in [0.1, 0.15) is 11.8 Å². The van der Waals surface area contributed by atoms with E-state index in [1.54, 1.807) is 12.1 Å². The van der Waals surface area contributed by atoms with Crippen LogP contribution < -0.4 is 15.1 Å². The predicted molar refractivity (Wildman–Crippen MR) is 166 cm³/mol. The Kier molecular flexibility index (Phi) is 6.56. The van der Waals surface area contributed by atoms with Crippen molar-refractivity contribution in [3.63, 3.8) is 0 Å². The van der Waals surface area contributed by atoms with Crippen LogP contribution in [0.2, 0.25) is 0 Å². The number of fused-ring (bicyclic) bond motifs is 3. The van der Waals surface area contributed by atoms with Crippen LogP contribution in [-0.2, 0) is 20.9 Å². The van der Waals surface area contributed by atoms with Crippen molar-refractivity contribution in [2.24, 2.45) is 5.92 Å². The summed E-state index contributed by atoms with van der Waals surface area (Å²) in [6.07, 6.45) is 0. The molecule has 7 rings (SSSR count). The van der Waals surface area contributed by atoms with Gasteiger partial charge in [-0.1, -0.05) is 108 Å². The lowest BCUT2D eigenvalue weighted by molar-refractivity contribution is -0.122. The molecule has 3 heterocycles. The van der Waals surface area contributed by atoms with E-state index in [2.05, 4.69) is 5.32 Å². The van der Waals surface area contributed by atoms with E-state index < -0.39 is 17.1 Å². The largest absolute Gasteiger partial charge is 0.324 e. The van der Waals surface area contributed by atoms with Gasteiger partial charge in [-0.05, 0) is 36.1 Å². The number of hydrogen-bond acceptors (Lipinski definition) is 6. The van der Waals surface area contributed by atoms with Gasteiger partial charge in [0, 0.05) is 21.9 Å². The number of carbonyl (C=O) groups excluding carboxylic acids is 3. The molecule has 4 aromatic carbocycles. The van der Waals surface area contributed by atoms with Crippen molar-refractivity contribution in [3.05, 3.63) is 123 Å². The van der Waals surface area contributed by atoms with Crippen LogP contribution in [0.15, 0.2) is 107 Å². The minimum Gasteiger partial charge on any atom is -0.324 e. The number of aromatic nitrogens is 1. The number of benzene rings is 4. The SMILES string of the molecule is Cc1ccc(N2C(=O)C3Sc4c(sc(=O)n4CC(=O)Nc4cccc5ccccc45)[C@H](c4ccccc4)C3C2=O)cc1. The summed E-state index contributed by atoms with van der Waals surface area (Å²) < 4.78 is 1.45. The van der Waals surface area contributed by atoms with Crippen molar-refractivity contribution >= 4 is 63.0 Å². The second-order valence-electron chi connectivity index (χ2n) is 10.5. The molecule has 5 aromatic rings. The fourth-order valence-electron chi connectivity index (χ4n) is 5.89. The highest BCUT2D eigenvalue weighted by Crippen LogP contribution is 2.53. The highest BCUT2D eigenvalue weighted by Gasteiger charge is 2.56. The molecule has 1 saturated heterocycles. The number of anilines is 2. The first kappa shape index (κ1) is 26.4.